The summed E-state index contributed by atoms with van der Waals surface area (Å²) in [5.41, 5.74) is 0.874. The van der Waals surface area contributed by atoms with Gasteiger partial charge >= 0.3 is 0 Å². The summed E-state index contributed by atoms with van der Waals surface area (Å²) >= 11 is 8.05. The Kier molecular flexibility index (Phi) is 5.59. The van der Waals surface area contributed by atoms with E-state index in [0.717, 1.165) is 42.7 Å². The molecule has 28 heavy (non-hydrogen) atoms. The maximum Gasteiger partial charge on any atom is 0.239 e. The van der Waals surface area contributed by atoms with Gasteiger partial charge in [-0.3, -0.25) is 4.57 Å². The van der Waals surface area contributed by atoms with Gasteiger partial charge in [0.1, 0.15) is 0 Å². The number of nitrogens with zero attached hydrogens (tertiary/aromatic N) is 6. The van der Waals surface area contributed by atoms with Crippen LogP contribution in [0.2, 0.25) is 5.02 Å². The van der Waals surface area contributed by atoms with E-state index in [0.29, 0.717) is 16.7 Å². The minimum atomic E-state index is -0.0585. The lowest BCUT2D eigenvalue weighted by Gasteiger charge is -2.19. The summed E-state index contributed by atoms with van der Waals surface area (Å²) in [7, 11) is 0. The number of benzene rings is 1. The predicted molar refractivity (Wildman–Crippen MR) is 110 cm³/mol. The molecule has 1 aromatic carbocycles. The first kappa shape index (κ1) is 19.3. The summed E-state index contributed by atoms with van der Waals surface area (Å²) in [5.74, 6) is 2.36. The van der Waals surface area contributed by atoms with Crippen molar-refractivity contribution in [3.8, 4) is 5.69 Å². The first-order valence-electron chi connectivity index (χ1n) is 9.50. The molecule has 0 saturated carbocycles. The molecule has 1 atom stereocenters. The fraction of sp³-hybridized carbons (Fsp3) is 0.474. The van der Waals surface area contributed by atoms with Crippen molar-refractivity contribution in [2.45, 2.75) is 49.9 Å². The Bertz CT molecular complexity index is 950. The maximum absolute atomic E-state index is 6.51. The van der Waals surface area contributed by atoms with Crippen LogP contribution in [0, 0.1) is 0 Å². The third-order valence-corrected chi connectivity index (χ3v) is 6.05. The number of thioether (sulfide) groups is 1. The molecule has 9 heteroatoms. The topological polar surface area (TPSA) is 72.9 Å². The zero-order valence-corrected chi connectivity index (χ0v) is 17.7. The minimum absolute atomic E-state index is 0.0585. The van der Waals surface area contributed by atoms with Gasteiger partial charge in [-0.25, -0.2) is 0 Å². The van der Waals surface area contributed by atoms with E-state index < -0.39 is 0 Å². The van der Waals surface area contributed by atoms with Crippen molar-refractivity contribution < 1.29 is 4.52 Å². The van der Waals surface area contributed by atoms with Crippen LogP contribution in [-0.4, -0.2) is 38.0 Å². The molecule has 1 saturated heterocycles. The highest BCUT2D eigenvalue weighted by Gasteiger charge is 2.26. The van der Waals surface area contributed by atoms with E-state index in [1.54, 1.807) is 0 Å². The molecule has 0 amide bonds. The number of halogens is 1. The van der Waals surface area contributed by atoms with E-state index in [9.17, 15) is 0 Å². The zero-order valence-electron chi connectivity index (χ0n) is 16.2. The molecule has 1 fully saturated rings. The van der Waals surface area contributed by atoms with Gasteiger partial charge < -0.3 is 9.42 Å². The van der Waals surface area contributed by atoms with Crippen molar-refractivity contribution in [3.63, 3.8) is 0 Å². The van der Waals surface area contributed by atoms with Crippen LogP contribution >= 0.6 is 23.4 Å². The molecule has 148 valence electrons. The van der Waals surface area contributed by atoms with Crippen molar-refractivity contribution >= 4 is 29.3 Å². The molecule has 7 nitrogen and oxygen atoms in total. The molecule has 0 spiro atoms. The molecule has 0 unspecified atom stereocenters. The third kappa shape index (κ3) is 3.75. The minimum Gasteiger partial charge on any atom is -0.341 e. The molecule has 4 rings (SSSR count). The molecule has 3 heterocycles. The highest BCUT2D eigenvalue weighted by molar-refractivity contribution is 7.99. The lowest BCUT2D eigenvalue weighted by Crippen LogP contribution is -2.22. The van der Waals surface area contributed by atoms with E-state index in [2.05, 4.69) is 25.2 Å². The first-order chi connectivity index (χ1) is 13.5. The summed E-state index contributed by atoms with van der Waals surface area (Å²) in [6.45, 7) is 8.07. The molecule has 3 aromatic rings. The second kappa shape index (κ2) is 8.13. The molecule has 0 bridgehead atoms. The Hall–Kier alpha value is -2.06. The monoisotopic (exact) mass is 418 g/mol. The van der Waals surface area contributed by atoms with Gasteiger partial charge in [0.15, 0.2) is 11.0 Å². The molecule has 2 aromatic heterocycles. The lowest BCUT2D eigenvalue weighted by molar-refractivity contribution is 0.373. The Balaban J connectivity index is 1.69. The Morgan fingerprint density at radius 3 is 2.54 bits per heavy atom. The lowest BCUT2D eigenvalue weighted by atomic mass is 10.2. The smallest absolute Gasteiger partial charge is 0.239 e. The van der Waals surface area contributed by atoms with Gasteiger partial charge in [-0.1, -0.05) is 54.5 Å². The molecular weight excluding hydrogens is 396 g/mol. The van der Waals surface area contributed by atoms with Crippen LogP contribution < -0.4 is 4.90 Å². The molecule has 1 aliphatic heterocycles. The Labute approximate surface area is 173 Å². The number of rotatable bonds is 6. The number of hydrogen-bond acceptors (Lipinski definition) is 7. The molecule has 1 aliphatic rings. The summed E-state index contributed by atoms with van der Waals surface area (Å²) in [5, 5.41) is 14.4. The van der Waals surface area contributed by atoms with Crippen molar-refractivity contribution in [1.82, 2.24) is 24.9 Å². The van der Waals surface area contributed by atoms with Crippen LogP contribution in [0.5, 0.6) is 0 Å². The molecule has 0 N–H and O–H groups in total. The Morgan fingerprint density at radius 1 is 1.11 bits per heavy atom. The van der Waals surface area contributed by atoms with Gasteiger partial charge in [0, 0.05) is 19.0 Å². The van der Waals surface area contributed by atoms with E-state index in [1.807, 2.05) is 49.6 Å². The van der Waals surface area contributed by atoms with Crippen molar-refractivity contribution in [3.05, 3.63) is 41.0 Å². The van der Waals surface area contributed by atoms with Crippen molar-refractivity contribution in [1.29, 1.82) is 0 Å². The molecule has 0 aliphatic carbocycles. The van der Waals surface area contributed by atoms with Crippen molar-refractivity contribution in [2.24, 2.45) is 0 Å². The van der Waals surface area contributed by atoms with Gasteiger partial charge in [-0.05, 0) is 31.9 Å². The van der Waals surface area contributed by atoms with E-state index in [1.165, 1.54) is 11.8 Å². The largest absolute Gasteiger partial charge is 0.341 e. The summed E-state index contributed by atoms with van der Waals surface area (Å²) in [6.07, 6.45) is 2.32. The van der Waals surface area contributed by atoms with Crippen LogP contribution in [-0.2, 0) is 0 Å². The molecular formula is C19H23ClN6OS. The standard InChI is InChI=1S/C19H23ClN6OS/c1-12(2)16-21-17(27-24-16)13(3)28-19-23-22-18(25-10-6-7-11-25)26(19)15-9-5-4-8-14(15)20/h4-5,8-9,12-13H,6-7,10-11H2,1-3H3/t13-/m0/s1. The Morgan fingerprint density at radius 2 is 1.86 bits per heavy atom. The van der Waals surface area contributed by atoms with Gasteiger partial charge in [-0.2, -0.15) is 4.98 Å². The van der Waals surface area contributed by atoms with Crippen LogP contribution in [0.4, 0.5) is 5.95 Å². The van der Waals surface area contributed by atoms with E-state index in [-0.39, 0.29) is 11.2 Å². The van der Waals surface area contributed by atoms with Crippen LogP contribution in [0.3, 0.4) is 0 Å². The predicted octanol–water partition coefficient (Wildman–Crippen LogP) is 4.88. The average Bonchev–Trinajstić information content (AvgIpc) is 3.42. The van der Waals surface area contributed by atoms with Gasteiger partial charge in [0.25, 0.3) is 0 Å². The number of anilines is 1. The summed E-state index contributed by atoms with van der Waals surface area (Å²) < 4.78 is 7.50. The average molecular weight is 419 g/mol. The van der Waals surface area contributed by atoms with E-state index in [4.69, 9.17) is 16.1 Å². The van der Waals surface area contributed by atoms with Gasteiger partial charge in [0.2, 0.25) is 11.8 Å². The van der Waals surface area contributed by atoms with Crippen molar-refractivity contribution in [2.75, 3.05) is 18.0 Å². The van der Waals surface area contributed by atoms with Crippen LogP contribution in [0.15, 0.2) is 33.9 Å². The maximum atomic E-state index is 6.51. The van der Waals surface area contributed by atoms with Crippen LogP contribution in [0.25, 0.3) is 5.69 Å². The molecule has 0 radical (unpaired) electrons. The third-order valence-electron chi connectivity index (χ3n) is 4.70. The normalized spacial score (nSPS) is 15.5. The van der Waals surface area contributed by atoms with Gasteiger partial charge in [-0.15, -0.1) is 10.2 Å². The second-order valence-electron chi connectivity index (χ2n) is 7.17. The van der Waals surface area contributed by atoms with Gasteiger partial charge in [0.05, 0.1) is 16.0 Å². The number of aromatic nitrogens is 5. The number of hydrogen-bond donors (Lipinski definition) is 0. The van der Waals surface area contributed by atoms with E-state index >= 15 is 0 Å². The first-order valence-corrected chi connectivity index (χ1v) is 10.8. The summed E-state index contributed by atoms with van der Waals surface area (Å²) in [6, 6.07) is 7.77. The van der Waals surface area contributed by atoms with Crippen LogP contribution in [0.1, 0.15) is 56.5 Å². The SMILES string of the molecule is CC(C)c1noc([C@H](C)Sc2nnc(N3CCCC3)n2-c2ccccc2Cl)n1. The zero-order chi connectivity index (χ0) is 19.7. The fourth-order valence-corrected chi connectivity index (χ4v) is 4.27. The highest BCUT2D eigenvalue weighted by atomic mass is 35.5. The number of para-hydroxylation sites is 1. The highest BCUT2D eigenvalue weighted by Crippen LogP contribution is 2.38. The quantitative estimate of drug-likeness (QED) is 0.528. The second-order valence-corrected chi connectivity index (χ2v) is 8.88. The fourth-order valence-electron chi connectivity index (χ4n) is 3.16. The summed E-state index contributed by atoms with van der Waals surface area (Å²) in [4.78, 5) is 6.78.